The van der Waals surface area contributed by atoms with Gasteiger partial charge in [-0.05, 0) is 31.2 Å². The van der Waals surface area contributed by atoms with Crippen LogP contribution in [0.4, 0.5) is 5.69 Å². The first-order valence-corrected chi connectivity index (χ1v) is 9.90. The van der Waals surface area contributed by atoms with Gasteiger partial charge in [0.2, 0.25) is 0 Å². The standard InChI is InChI=1S/C20H13Cl2N5O6/c1-9-4-15(26-33-9)19(30)24-14-7-11(2-3-16(14)28)32-18-12(21)5-10(6-13(18)22)27-20(31)25-17(29)8-23-27/h2-8,28H,1H3,(H,24,30)(H,25,29,31). The second-order valence-electron chi connectivity index (χ2n) is 6.65. The van der Waals surface area contributed by atoms with Crippen LogP contribution in [0.25, 0.3) is 5.69 Å². The molecular weight excluding hydrogens is 477 g/mol. The van der Waals surface area contributed by atoms with Gasteiger partial charge < -0.3 is 19.7 Å². The van der Waals surface area contributed by atoms with E-state index in [9.17, 15) is 19.5 Å². The van der Waals surface area contributed by atoms with E-state index in [-0.39, 0.29) is 44.4 Å². The summed E-state index contributed by atoms with van der Waals surface area (Å²) < 4.78 is 11.5. The third kappa shape index (κ3) is 4.73. The van der Waals surface area contributed by atoms with Crippen molar-refractivity contribution < 1.29 is 19.2 Å². The van der Waals surface area contributed by atoms with Crippen molar-refractivity contribution in [1.82, 2.24) is 19.9 Å². The number of nitrogens with one attached hydrogen (secondary N) is 2. The highest BCUT2D eigenvalue weighted by Gasteiger charge is 2.17. The Balaban J connectivity index is 1.61. The van der Waals surface area contributed by atoms with E-state index >= 15 is 0 Å². The number of carbonyl (C=O) groups is 1. The monoisotopic (exact) mass is 489 g/mol. The lowest BCUT2D eigenvalue weighted by Gasteiger charge is -2.13. The van der Waals surface area contributed by atoms with Crippen molar-refractivity contribution in [2.75, 3.05) is 5.32 Å². The molecule has 2 aromatic carbocycles. The molecule has 33 heavy (non-hydrogen) atoms. The maximum atomic E-state index is 12.3. The number of aromatic hydroxyl groups is 1. The van der Waals surface area contributed by atoms with Crippen molar-refractivity contribution in [2.45, 2.75) is 6.92 Å². The maximum absolute atomic E-state index is 12.3. The topological polar surface area (TPSA) is 152 Å². The minimum Gasteiger partial charge on any atom is -0.506 e. The summed E-state index contributed by atoms with van der Waals surface area (Å²) in [5.41, 5.74) is -1.15. The molecule has 0 aliphatic carbocycles. The molecule has 4 aromatic rings. The van der Waals surface area contributed by atoms with Crippen LogP contribution in [-0.4, -0.2) is 30.9 Å². The van der Waals surface area contributed by atoms with Crippen molar-refractivity contribution in [2.24, 2.45) is 0 Å². The molecule has 3 N–H and O–H groups in total. The van der Waals surface area contributed by atoms with Crippen LogP contribution in [-0.2, 0) is 0 Å². The molecule has 0 saturated carbocycles. The number of anilines is 1. The van der Waals surface area contributed by atoms with E-state index in [1.54, 1.807) is 6.92 Å². The summed E-state index contributed by atoms with van der Waals surface area (Å²) in [5.74, 6) is -0.121. The quantitative estimate of drug-likeness (QED) is 0.361. The number of hydrogen-bond acceptors (Lipinski definition) is 8. The molecule has 0 aliphatic heterocycles. The normalized spacial score (nSPS) is 10.8. The summed E-state index contributed by atoms with van der Waals surface area (Å²) >= 11 is 12.6. The summed E-state index contributed by atoms with van der Waals surface area (Å²) in [6.45, 7) is 1.64. The van der Waals surface area contributed by atoms with Gasteiger partial charge in [0, 0.05) is 12.1 Å². The number of halogens is 2. The number of amides is 1. The molecule has 13 heteroatoms. The number of benzene rings is 2. The Morgan fingerprint density at radius 2 is 1.91 bits per heavy atom. The second-order valence-corrected chi connectivity index (χ2v) is 7.46. The summed E-state index contributed by atoms with van der Waals surface area (Å²) in [4.78, 5) is 37.5. The predicted octanol–water partition coefficient (Wildman–Crippen LogP) is 3.27. The number of ether oxygens (including phenoxy) is 1. The van der Waals surface area contributed by atoms with Crippen LogP contribution in [0.3, 0.4) is 0 Å². The highest BCUT2D eigenvalue weighted by atomic mass is 35.5. The number of hydrogen-bond donors (Lipinski definition) is 3. The van der Waals surface area contributed by atoms with Crippen molar-refractivity contribution in [3.05, 3.63) is 84.9 Å². The molecule has 0 atom stereocenters. The number of phenols is 1. The van der Waals surface area contributed by atoms with Gasteiger partial charge in [0.25, 0.3) is 11.5 Å². The third-order valence-electron chi connectivity index (χ3n) is 4.24. The lowest BCUT2D eigenvalue weighted by molar-refractivity contribution is 0.101. The van der Waals surface area contributed by atoms with Gasteiger partial charge in [-0.15, -0.1) is 0 Å². The van der Waals surface area contributed by atoms with Gasteiger partial charge in [0.05, 0.1) is 21.4 Å². The molecule has 0 fully saturated rings. The van der Waals surface area contributed by atoms with E-state index in [4.69, 9.17) is 32.5 Å². The van der Waals surface area contributed by atoms with Gasteiger partial charge in [-0.25, -0.2) is 4.79 Å². The molecule has 0 spiro atoms. The van der Waals surface area contributed by atoms with Crippen LogP contribution >= 0.6 is 23.2 Å². The summed E-state index contributed by atoms with van der Waals surface area (Å²) in [6, 6.07) is 8.26. The van der Waals surface area contributed by atoms with Gasteiger partial charge in [-0.3, -0.25) is 14.6 Å². The summed E-state index contributed by atoms with van der Waals surface area (Å²) in [6.07, 6.45) is 0.931. The first-order valence-electron chi connectivity index (χ1n) is 9.15. The molecule has 0 radical (unpaired) electrons. The van der Waals surface area contributed by atoms with Gasteiger partial charge >= 0.3 is 5.69 Å². The minimum atomic E-state index is -0.774. The number of rotatable bonds is 5. The van der Waals surface area contributed by atoms with Crippen molar-refractivity contribution in [1.29, 1.82) is 0 Å². The Bertz CT molecular complexity index is 1470. The van der Waals surface area contributed by atoms with Crippen molar-refractivity contribution in [3.63, 3.8) is 0 Å². The molecule has 0 unspecified atom stereocenters. The molecule has 0 aliphatic rings. The van der Waals surface area contributed by atoms with Crippen LogP contribution < -0.4 is 21.3 Å². The smallest absolute Gasteiger partial charge is 0.349 e. The average molecular weight is 490 g/mol. The van der Waals surface area contributed by atoms with Crippen LogP contribution in [0, 0.1) is 6.92 Å². The Labute approximate surface area is 194 Å². The summed E-state index contributed by atoms with van der Waals surface area (Å²) in [5, 5.41) is 20.0. The lowest BCUT2D eigenvalue weighted by atomic mass is 10.2. The Morgan fingerprint density at radius 1 is 1.18 bits per heavy atom. The molecule has 168 valence electrons. The highest BCUT2D eigenvalue weighted by Crippen LogP contribution is 2.39. The van der Waals surface area contributed by atoms with Gasteiger partial charge in [-0.1, -0.05) is 28.4 Å². The van der Waals surface area contributed by atoms with Gasteiger partial charge in [0.1, 0.15) is 23.5 Å². The number of nitrogens with zero attached hydrogens (tertiary/aromatic N) is 3. The van der Waals surface area contributed by atoms with Crippen molar-refractivity contribution in [3.8, 4) is 22.9 Å². The Kier molecular flexibility index (Phi) is 5.90. The number of aryl methyl sites for hydroxylation is 1. The van der Waals surface area contributed by atoms with Crippen LogP contribution in [0.2, 0.25) is 10.0 Å². The highest BCUT2D eigenvalue weighted by molar-refractivity contribution is 6.37. The molecule has 1 amide bonds. The lowest BCUT2D eigenvalue weighted by Crippen LogP contribution is -2.30. The van der Waals surface area contributed by atoms with E-state index in [2.05, 4.69) is 20.6 Å². The zero-order valence-electron chi connectivity index (χ0n) is 16.6. The third-order valence-corrected chi connectivity index (χ3v) is 4.80. The molecule has 4 rings (SSSR count). The first kappa shape index (κ1) is 22.1. The maximum Gasteiger partial charge on any atom is 0.349 e. The zero-order valence-corrected chi connectivity index (χ0v) is 18.1. The molecular formula is C20H13Cl2N5O6. The van der Waals surface area contributed by atoms with E-state index < -0.39 is 17.2 Å². The van der Waals surface area contributed by atoms with E-state index in [0.717, 1.165) is 10.9 Å². The molecule has 0 saturated heterocycles. The fraction of sp³-hybridized carbons (Fsp3) is 0.0500. The fourth-order valence-corrected chi connectivity index (χ4v) is 3.31. The van der Waals surface area contributed by atoms with Gasteiger partial charge in [-0.2, -0.15) is 9.78 Å². The van der Waals surface area contributed by atoms with E-state index in [1.807, 2.05) is 0 Å². The Morgan fingerprint density at radius 3 is 2.55 bits per heavy atom. The second kappa shape index (κ2) is 8.81. The zero-order chi connectivity index (χ0) is 23.7. The first-order chi connectivity index (χ1) is 15.7. The number of aromatic amines is 1. The predicted molar refractivity (Wildman–Crippen MR) is 118 cm³/mol. The number of phenolic OH excluding ortho intramolecular Hbond substituents is 1. The molecule has 11 nitrogen and oxygen atoms in total. The van der Waals surface area contributed by atoms with Crippen LogP contribution in [0.1, 0.15) is 16.2 Å². The van der Waals surface area contributed by atoms with Crippen LogP contribution in [0.15, 0.2) is 56.7 Å². The molecule has 0 bridgehead atoms. The summed E-state index contributed by atoms with van der Waals surface area (Å²) in [7, 11) is 0. The van der Waals surface area contributed by atoms with E-state index in [1.165, 1.54) is 36.4 Å². The van der Waals surface area contributed by atoms with Crippen molar-refractivity contribution >= 4 is 34.8 Å². The van der Waals surface area contributed by atoms with E-state index in [0.29, 0.717) is 5.76 Å². The molecule has 2 heterocycles. The fourth-order valence-electron chi connectivity index (χ4n) is 2.76. The van der Waals surface area contributed by atoms with Gasteiger partial charge in [0.15, 0.2) is 11.4 Å². The number of carbonyl (C=O) groups excluding carboxylic acids is 1. The Hall–Kier alpha value is -4.09. The van der Waals surface area contributed by atoms with Crippen LogP contribution in [0.5, 0.6) is 17.2 Å². The largest absolute Gasteiger partial charge is 0.506 e. The number of H-pyrrole nitrogens is 1. The SMILES string of the molecule is Cc1cc(C(=O)Nc2cc(Oc3c(Cl)cc(-n4ncc(=O)[nH]c4=O)cc3Cl)ccc2O)no1. The number of aromatic nitrogens is 4. The molecule has 2 aromatic heterocycles. The minimum absolute atomic E-state index is 0.0333. The average Bonchev–Trinajstić information content (AvgIpc) is 3.19.